The first-order valence-electron chi connectivity index (χ1n) is 5.28. The summed E-state index contributed by atoms with van der Waals surface area (Å²) in [6, 6.07) is 7.86. The maximum atomic E-state index is 5.50. The first kappa shape index (κ1) is 10.9. The van der Waals surface area contributed by atoms with E-state index >= 15 is 0 Å². The van der Waals surface area contributed by atoms with Crippen LogP contribution in [0.25, 0.3) is 10.9 Å². The van der Waals surface area contributed by atoms with Gasteiger partial charge in [0.25, 0.3) is 0 Å². The van der Waals surface area contributed by atoms with Gasteiger partial charge >= 0.3 is 0 Å². The molecule has 0 amide bonds. The molecule has 0 saturated carbocycles. The van der Waals surface area contributed by atoms with Gasteiger partial charge < -0.3 is 5.73 Å². The molecule has 0 bridgehead atoms. The number of nitrogen functional groups attached to an aromatic ring is 1. The molecular weight excluding hydrogens is 246 g/mol. The van der Waals surface area contributed by atoms with E-state index in [2.05, 4.69) is 19.9 Å². The highest BCUT2D eigenvalue weighted by Gasteiger charge is 2.06. The van der Waals surface area contributed by atoms with Crippen LogP contribution in [0.2, 0.25) is 0 Å². The van der Waals surface area contributed by atoms with Crippen LogP contribution in [0.4, 0.5) is 5.82 Å². The lowest BCUT2D eigenvalue weighted by Crippen LogP contribution is -1.92. The Balaban J connectivity index is 2.02. The molecule has 0 saturated heterocycles. The van der Waals surface area contributed by atoms with Crippen LogP contribution in [0.15, 0.2) is 53.0 Å². The number of rotatable bonds is 2. The molecule has 0 fully saturated rings. The maximum Gasteiger partial charge on any atom is 0.141 e. The van der Waals surface area contributed by atoms with Gasteiger partial charge in [-0.15, -0.1) is 0 Å². The Hall–Kier alpha value is -2.21. The van der Waals surface area contributed by atoms with Crippen LogP contribution in [0.3, 0.4) is 0 Å². The van der Waals surface area contributed by atoms with Crippen molar-refractivity contribution in [2.24, 2.45) is 0 Å². The van der Waals surface area contributed by atoms with Crippen LogP contribution in [-0.2, 0) is 0 Å². The number of fused-ring (bicyclic) bond motifs is 1. The molecule has 3 aromatic rings. The van der Waals surface area contributed by atoms with Crippen molar-refractivity contribution in [2.45, 2.75) is 10.1 Å². The van der Waals surface area contributed by atoms with Gasteiger partial charge in [0.05, 0.1) is 17.9 Å². The Morgan fingerprint density at radius 2 is 1.83 bits per heavy atom. The molecule has 3 rings (SSSR count). The molecule has 2 N–H and O–H groups in total. The van der Waals surface area contributed by atoms with Crippen molar-refractivity contribution >= 4 is 28.5 Å². The second-order valence-corrected chi connectivity index (χ2v) is 4.59. The van der Waals surface area contributed by atoms with E-state index in [1.165, 1.54) is 18.0 Å². The van der Waals surface area contributed by atoms with Gasteiger partial charge in [0.2, 0.25) is 0 Å². The van der Waals surface area contributed by atoms with Crippen molar-refractivity contribution < 1.29 is 0 Å². The van der Waals surface area contributed by atoms with Crippen LogP contribution in [0.5, 0.6) is 0 Å². The lowest BCUT2D eigenvalue weighted by molar-refractivity contribution is 1.05. The first-order valence-corrected chi connectivity index (χ1v) is 6.10. The number of benzene rings is 1. The topological polar surface area (TPSA) is 77.6 Å². The zero-order valence-corrected chi connectivity index (χ0v) is 10.1. The van der Waals surface area contributed by atoms with Crippen molar-refractivity contribution in [3.8, 4) is 0 Å². The van der Waals surface area contributed by atoms with E-state index in [0.29, 0.717) is 5.82 Å². The van der Waals surface area contributed by atoms with E-state index in [4.69, 9.17) is 5.73 Å². The van der Waals surface area contributed by atoms with Gasteiger partial charge in [0.15, 0.2) is 0 Å². The Bertz CT molecular complexity index is 678. The molecule has 5 nitrogen and oxygen atoms in total. The predicted molar refractivity (Wildman–Crippen MR) is 70.1 cm³/mol. The summed E-state index contributed by atoms with van der Waals surface area (Å²) in [5.74, 6) is 0.409. The van der Waals surface area contributed by atoms with E-state index in [0.717, 1.165) is 21.0 Å². The van der Waals surface area contributed by atoms with Crippen molar-refractivity contribution in [2.75, 3.05) is 5.73 Å². The summed E-state index contributed by atoms with van der Waals surface area (Å²) in [7, 11) is 0. The van der Waals surface area contributed by atoms with Crippen LogP contribution in [-0.4, -0.2) is 19.9 Å². The lowest BCUT2D eigenvalue weighted by atomic mass is 10.2. The Labute approximate surface area is 108 Å². The number of nitrogens with two attached hydrogens (primary N) is 1. The molecule has 0 aliphatic heterocycles. The third-order valence-corrected chi connectivity index (χ3v) is 3.29. The number of hydrogen-bond acceptors (Lipinski definition) is 6. The van der Waals surface area contributed by atoms with E-state index in [-0.39, 0.29) is 0 Å². The minimum Gasteiger partial charge on any atom is -0.382 e. The fraction of sp³-hybridized carbons (Fsp3) is 0. The quantitative estimate of drug-likeness (QED) is 0.707. The summed E-state index contributed by atoms with van der Waals surface area (Å²) < 4.78 is 0. The molecule has 1 aromatic carbocycles. The van der Waals surface area contributed by atoms with E-state index < -0.39 is 0 Å². The monoisotopic (exact) mass is 255 g/mol. The highest BCUT2D eigenvalue weighted by Crippen LogP contribution is 2.29. The average molecular weight is 255 g/mol. The van der Waals surface area contributed by atoms with Crippen LogP contribution < -0.4 is 5.73 Å². The fourth-order valence-electron chi connectivity index (χ4n) is 1.54. The van der Waals surface area contributed by atoms with E-state index in [1.54, 1.807) is 12.5 Å². The number of aromatic nitrogens is 4. The summed E-state index contributed by atoms with van der Waals surface area (Å²) in [5.41, 5.74) is 6.42. The van der Waals surface area contributed by atoms with Gasteiger partial charge in [-0.05, 0) is 17.8 Å². The van der Waals surface area contributed by atoms with Gasteiger partial charge in [0, 0.05) is 5.39 Å². The Morgan fingerprint density at radius 3 is 2.67 bits per heavy atom. The highest BCUT2D eigenvalue weighted by atomic mass is 32.2. The van der Waals surface area contributed by atoms with E-state index in [1.807, 2.05) is 24.3 Å². The third-order valence-electron chi connectivity index (χ3n) is 2.36. The number of hydrogen-bond donors (Lipinski definition) is 1. The molecule has 0 unspecified atom stereocenters. The molecule has 2 aromatic heterocycles. The molecular formula is C12H9N5S. The summed E-state index contributed by atoms with van der Waals surface area (Å²) in [5, 5.41) is 2.62. The normalized spacial score (nSPS) is 10.7. The van der Waals surface area contributed by atoms with Gasteiger partial charge in [-0.1, -0.05) is 18.2 Å². The van der Waals surface area contributed by atoms with Gasteiger partial charge in [0.1, 0.15) is 22.2 Å². The molecule has 18 heavy (non-hydrogen) atoms. The zero-order chi connectivity index (χ0) is 12.4. The molecule has 0 aliphatic rings. The molecule has 0 spiro atoms. The minimum atomic E-state index is 0.409. The van der Waals surface area contributed by atoms with Crippen LogP contribution in [0, 0.1) is 0 Å². The summed E-state index contributed by atoms with van der Waals surface area (Å²) in [6.45, 7) is 0. The van der Waals surface area contributed by atoms with Crippen LogP contribution >= 0.6 is 11.8 Å². The Morgan fingerprint density at radius 1 is 0.944 bits per heavy atom. The highest BCUT2D eigenvalue weighted by molar-refractivity contribution is 7.99. The van der Waals surface area contributed by atoms with Crippen molar-refractivity contribution in [1.29, 1.82) is 0 Å². The second-order valence-electron chi connectivity index (χ2n) is 3.58. The molecule has 88 valence electrons. The number of para-hydroxylation sites is 1. The molecule has 6 heteroatoms. The SMILES string of the molecule is Nc1cnc(Sc2ncnc3ccccc23)cn1. The van der Waals surface area contributed by atoms with E-state index in [9.17, 15) is 0 Å². The standard InChI is InChI=1S/C12H9N5S/c13-10-5-15-11(6-14-10)18-12-8-3-1-2-4-9(8)16-7-17-12/h1-7H,(H2,13,14). The maximum absolute atomic E-state index is 5.50. The molecule has 0 atom stereocenters. The lowest BCUT2D eigenvalue weighted by Gasteiger charge is -2.03. The van der Waals surface area contributed by atoms with Gasteiger partial charge in [-0.2, -0.15) is 0 Å². The molecule has 0 radical (unpaired) electrons. The van der Waals surface area contributed by atoms with Crippen molar-refractivity contribution in [1.82, 2.24) is 19.9 Å². The summed E-state index contributed by atoms with van der Waals surface area (Å²) in [4.78, 5) is 16.7. The number of anilines is 1. The van der Waals surface area contributed by atoms with Crippen molar-refractivity contribution in [3.63, 3.8) is 0 Å². The Kier molecular flexibility index (Phi) is 2.77. The van der Waals surface area contributed by atoms with Crippen LogP contribution in [0.1, 0.15) is 0 Å². The minimum absolute atomic E-state index is 0.409. The van der Waals surface area contributed by atoms with Gasteiger partial charge in [-0.25, -0.2) is 19.9 Å². The summed E-state index contributed by atoms with van der Waals surface area (Å²) >= 11 is 1.45. The average Bonchev–Trinajstić information content (AvgIpc) is 2.42. The zero-order valence-electron chi connectivity index (χ0n) is 9.32. The smallest absolute Gasteiger partial charge is 0.141 e. The van der Waals surface area contributed by atoms with Gasteiger partial charge in [-0.3, -0.25) is 0 Å². The molecule has 0 aliphatic carbocycles. The predicted octanol–water partition coefficient (Wildman–Crippen LogP) is 2.15. The van der Waals surface area contributed by atoms with Crippen molar-refractivity contribution in [3.05, 3.63) is 43.0 Å². The largest absolute Gasteiger partial charge is 0.382 e. The molecule has 2 heterocycles. The fourth-order valence-corrected chi connectivity index (χ4v) is 2.33. The summed E-state index contributed by atoms with van der Waals surface area (Å²) in [6.07, 6.45) is 4.72. The first-order chi connectivity index (χ1) is 8.83. The second kappa shape index (κ2) is 4.58. The third kappa shape index (κ3) is 2.10. The number of nitrogens with zero attached hydrogens (tertiary/aromatic N) is 4.